The molecule has 1 aliphatic heterocycles. The molecule has 0 saturated carbocycles. The predicted octanol–water partition coefficient (Wildman–Crippen LogP) is 1.64. The third-order valence-electron chi connectivity index (χ3n) is 2.70. The fraction of sp³-hybridized carbons (Fsp3) is 0.692. The van der Waals surface area contributed by atoms with Gasteiger partial charge in [0.2, 0.25) is 0 Å². The third-order valence-corrected chi connectivity index (χ3v) is 2.70. The Balaban J connectivity index is 1.79. The van der Waals surface area contributed by atoms with Crippen LogP contribution >= 0.6 is 0 Å². The maximum absolute atomic E-state index is 11.5. The summed E-state index contributed by atoms with van der Waals surface area (Å²) in [4.78, 5) is 15.8. The molecule has 1 fully saturated rings. The number of aryl methyl sites for hydroxylation is 1. The molecule has 0 aromatic carbocycles. The Bertz CT molecular complexity index is 416. The van der Waals surface area contributed by atoms with E-state index < -0.39 is 5.60 Å². The number of carbonyl (C=O) groups excluding carboxylic acids is 1. The summed E-state index contributed by atoms with van der Waals surface area (Å²) in [7, 11) is 0. The standard InChI is InChI=1S/C13H20N2O3/c1-13(2,3)18-11(16)5-4-10-8-15-12(17-10)9-6-14-7-9/h8-9,14H,4-7H2,1-3H3. The largest absolute Gasteiger partial charge is 0.460 e. The van der Waals surface area contributed by atoms with Crippen molar-refractivity contribution >= 4 is 5.97 Å². The quantitative estimate of drug-likeness (QED) is 0.825. The van der Waals surface area contributed by atoms with Crippen LogP contribution in [0.5, 0.6) is 0 Å². The molecule has 2 heterocycles. The molecule has 0 amide bonds. The van der Waals surface area contributed by atoms with Gasteiger partial charge in [0.05, 0.1) is 18.5 Å². The van der Waals surface area contributed by atoms with Crippen molar-refractivity contribution in [1.29, 1.82) is 0 Å². The van der Waals surface area contributed by atoms with E-state index >= 15 is 0 Å². The van der Waals surface area contributed by atoms with E-state index in [1.165, 1.54) is 0 Å². The summed E-state index contributed by atoms with van der Waals surface area (Å²) in [5, 5.41) is 3.17. The van der Waals surface area contributed by atoms with Crippen molar-refractivity contribution in [2.24, 2.45) is 0 Å². The average Bonchev–Trinajstić information content (AvgIpc) is 2.58. The van der Waals surface area contributed by atoms with Gasteiger partial charge in [-0.05, 0) is 20.8 Å². The minimum Gasteiger partial charge on any atom is -0.460 e. The maximum Gasteiger partial charge on any atom is 0.306 e. The minimum atomic E-state index is -0.429. The number of aromatic nitrogens is 1. The normalized spacial score (nSPS) is 16.4. The lowest BCUT2D eigenvalue weighted by atomic mass is 10.0. The van der Waals surface area contributed by atoms with E-state index in [1.54, 1.807) is 6.20 Å². The Hall–Kier alpha value is -1.36. The highest BCUT2D eigenvalue weighted by atomic mass is 16.6. The smallest absolute Gasteiger partial charge is 0.306 e. The van der Waals surface area contributed by atoms with Crippen molar-refractivity contribution < 1.29 is 13.9 Å². The predicted molar refractivity (Wildman–Crippen MR) is 66.3 cm³/mol. The first-order valence-electron chi connectivity index (χ1n) is 6.31. The van der Waals surface area contributed by atoms with Gasteiger partial charge < -0.3 is 14.5 Å². The molecule has 0 unspecified atom stereocenters. The fourth-order valence-corrected chi connectivity index (χ4v) is 1.71. The molecular formula is C13H20N2O3. The summed E-state index contributed by atoms with van der Waals surface area (Å²) < 4.78 is 10.8. The van der Waals surface area contributed by atoms with Crippen LogP contribution in [0.1, 0.15) is 44.8 Å². The Morgan fingerprint density at radius 1 is 1.56 bits per heavy atom. The lowest BCUT2D eigenvalue weighted by Crippen LogP contribution is -2.40. The van der Waals surface area contributed by atoms with Gasteiger partial charge in [0.25, 0.3) is 0 Å². The number of rotatable bonds is 4. The van der Waals surface area contributed by atoms with Gasteiger partial charge in [0, 0.05) is 19.5 Å². The number of hydrogen-bond donors (Lipinski definition) is 1. The van der Waals surface area contributed by atoms with Crippen LogP contribution in [0.2, 0.25) is 0 Å². The van der Waals surface area contributed by atoms with Crippen molar-refractivity contribution in [3.05, 3.63) is 17.8 Å². The molecule has 0 atom stereocenters. The highest BCUT2D eigenvalue weighted by Gasteiger charge is 2.24. The molecule has 0 radical (unpaired) electrons. The van der Waals surface area contributed by atoms with Gasteiger partial charge in [-0.1, -0.05) is 0 Å². The molecule has 1 N–H and O–H groups in total. The second kappa shape index (κ2) is 5.10. The summed E-state index contributed by atoms with van der Waals surface area (Å²) in [6.45, 7) is 7.43. The molecule has 1 aliphatic rings. The molecule has 5 nitrogen and oxygen atoms in total. The van der Waals surface area contributed by atoms with Gasteiger partial charge in [-0.2, -0.15) is 0 Å². The molecule has 100 valence electrons. The topological polar surface area (TPSA) is 64.4 Å². The fourth-order valence-electron chi connectivity index (χ4n) is 1.71. The summed E-state index contributed by atoms with van der Waals surface area (Å²) in [6, 6.07) is 0. The van der Waals surface area contributed by atoms with Crippen LogP contribution in [0, 0.1) is 0 Å². The minimum absolute atomic E-state index is 0.203. The molecule has 2 rings (SSSR count). The number of ether oxygens (including phenoxy) is 1. The lowest BCUT2D eigenvalue weighted by Gasteiger charge is -2.23. The second-order valence-electron chi connectivity index (χ2n) is 5.61. The number of nitrogens with zero attached hydrogens (tertiary/aromatic N) is 1. The number of nitrogens with one attached hydrogen (secondary N) is 1. The van der Waals surface area contributed by atoms with E-state index in [-0.39, 0.29) is 5.97 Å². The van der Waals surface area contributed by atoms with Crippen molar-refractivity contribution in [3.63, 3.8) is 0 Å². The number of esters is 1. The van der Waals surface area contributed by atoms with Gasteiger partial charge >= 0.3 is 5.97 Å². The van der Waals surface area contributed by atoms with E-state index in [1.807, 2.05) is 20.8 Å². The lowest BCUT2D eigenvalue weighted by molar-refractivity contribution is -0.154. The van der Waals surface area contributed by atoms with Crippen LogP contribution in [-0.2, 0) is 16.0 Å². The first kappa shape index (κ1) is 13.1. The number of carbonyl (C=O) groups is 1. The van der Waals surface area contributed by atoms with E-state index in [9.17, 15) is 4.79 Å². The molecule has 1 saturated heterocycles. The van der Waals surface area contributed by atoms with Crippen molar-refractivity contribution in [1.82, 2.24) is 10.3 Å². The first-order valence-corrected chi connectivity index (χ1v) is 6.31. The summed E-state index contributed by atoms with van der Waals surface area (Å²) in [5.74, 6) is 1.71. The van der Waals surface area contributed by atoms with Gasteiger partial charge in [-0.25, -0.2) is 4.98 Å². The SMILES string of the molecule is CC(C)(C)OC(=O)CCc1cnc(C2CNC2)o1. The zero-order chi connectivity index (χ0) is 13.2. The van der Waals surface area contributed by atoms with Crippen LogP contribution in [0.25, 0.3) is 0 Å². The highest BCUT2D eigenvalue weighted by Crippen LogP contribution is 2.20. The molecule has 1 aromatic heterocycles. The summed E-state index contributed by atoms with van der Waals surface area (Å²) >= 11 is 0. The molecular weight excluding hydrogens is 232 g/mol. The van der Waals surface area contributed by atoms with Crippen LogP contribution in [0.3, 0.4) is 0 Å². The Morgan fingerprint density at radius 2 is 2.28 bits per heavy atom. The zero-order valence-electron chi connectivity index (χ0n) is 11.2. The van der Waals surface area contributed by atoms with E-state index in [2.05, 4.69) is 10.3 Å². The van der Waals surface area contributed by atoms with Crippen molar-refractivity contribution in [2.45, 2.75) is 45.1 Å². The van der Waals surface area contributed by atoms with Crippen molar-refractivity contribution in [2.75, 3.05) is 13.1 Å². The van der Waals surface area contributed by atoms with Crippen LogP contribution in [-0.4, -0.2) is 29.6 Å². The van der Waals surface area contributed by atoms with Crippen molar-refractivity contribution in [3.8, 4) is 0 Å². The maximum atomic E-state index is 11.5. The summed E-state index contributed by atoms with van der Waals surface area (Å²) in [6.07, 6.45) is 2.58. The molecule has 18 heavy (non-hydrogen) atoms. The Morgan fingerprint density at radius 3 is 2.83 bits per heavy atom. The van der Waals surface area contributed by atoms with Gasteiger partial charge in [-0.3, -0.25) is 4.79 Å². The van der Waals surface area contributed by atoms with Crippen LogP contribution in [0.4, 0.5) is 0 Å². The monoisotopic (exact) mass is 252 g/mol. The van der Waals surface area contributed by atoms with Crippen LogP contribution in [0.15, 0.2) is 10.6 Å². The summed E-state index contributed by atoms with van der Waals surface area (Å²) in [5.41, 5.74) is -0.429. The second-order valence-corrected chi connectivity index (χ2v) is 5.61. The van der Waals surface area contributed by atoms with Gasteiger partial charge in [0.1, 0.15) is 11.4 Å². The number of hydrogen-bond acceptors (Lipinski definition) is 5. The molecule has 0 aliphatic carbocycles. The van der Waals surface area contributed by atoms with E-state index in [4.69, 9.17) is 9.15 Å². The van der Waals surface area contributed by atoms with Crippen LogP contribution < -0.4 is 5.32 Å². The van der Waals surface area contributed by atoms with Gasteiger partial charge in [0.15, 0.2) is 5.89 Å². The molecule has 1 aromatic rings. The molecule has 0 bridgehead atoms. The Labute approximate surface area is 107 Å². The Kier molecular flexibility index (Phi) is 3.71. The molecule has 5 heteroatoms. The first-order chi connectivity index (χ1) is 8.44. The zero-order valence-corrected chi connectivity index (χ0v) is 11.2. The molecule has 0 spiro atoms. The average molecular weight is 252 g/mol. The van der Waals surface area contributed by atoms with E-state index in [0.717, 1.165) is 24.7 Å². The number of oxazole rings is 1. The third kappa shape index (κ3) is 3.57. The van der Waals surface area contributed by atoms with Gasteiger partial charge in [-0.15, -0.1) is 0 Å². The van der Waals surface area contributed by atoms with E-state index in [0.29, 0.717) is 18.8 Å². The highest BCUT2D eigenvalue weighted by molar-refractivity contribution is 5.70.